The Kier molecular flexibility index (Phi) is 5.46. The van der Waals surface area contributed by atoms with Crippen LogP contribution >= 0.6 is 0 Å². The van der Waals surface area contributed by atoms with E-state index in [4.69, 9.17) is 13.9 Å². The van der Waals surface area contributed by atoms with Gasteiger partial charge in [-0.15, -0.1) is 0 Å². The van der Waals surface area contributed by atoms with Crippen molar-refractivity contribution in [3.8, 4) is 22.8 Å². The molecule has 158 valence electrons. The second kappa shape index (κ2) is 8.05. The summed E-state index contributed by atoms with van der Waals surface area (Å²) in [5, 5.41) is 49.8. The molecule has 0 radical (unpaired) electrons. The molecule has 9 nitrogen and oxygen atoms in total. The Morgan fingerprint density at radius 3 is 2.47 bits per heavy atom. The number of para-hydroxylation sites is 1. The van der Waals surface area contributed by atoms with Gasteiger partial charge in [0.1, 0.15) is 35.8 Å². The van der Waals surface area contributed by atoms with Crippen molar-refractivity contribution in [1.82, 2.24) is 0 Å². The van der Waals surface area contributed by atoms with Gasteiger partial charge >= 0.3 is 0 Å². The number of ether oxygens (including phenoxy) is 2. The maximum absolute atomic E-state index is 12.3. The number of fused-ring (bicyclic) bond motifs is 1. The van der Waals surface area contributed by atoms with Crippen LogP contribution in [0.3, 0.4) is 0 Å². The number of hydrogen-bond donors (Lipinski definition) is 5. The van der Waals surface area contributed by atoms with E-state index in [0.717, 1.165) is 0 Å². The summed E-state index contributed by atoms with van der Waals surface area (Å²) in [5.41, 5.74) is 0.589. The van der Waals surface area contributed by atoms with Crippen LogP contribution in [0.1, 0.15) is 0 Å². The summed E-state index contributed by atoms with van der Waals surface area (Å²) in [6, 6.07) is 12.3. The van der Waals surface area contributed by atoms with E-state index in [1.165, 1.54) is 24.3 Å². The molecule has 5 atom stereocenters. The fourth-order valence-corrected chi connectivity index (χ4v) is 3.31. The van der Waals surface area contributed by atoms with Gasteiger partial charge in [-0.2, -0.15) is 0 Å². The number of aromatic hydroxyl groups is 1. The third-order valence-corrected chi connectivity index (χ3v) is 4.97. The number of aliphatic hydroxyl groups is 4. The summed E-state index contributed by atoms with van der Waals surface area (Å²) in [6.07, 6.45) is -7.30. The molecule has 0 amide bonds. The van der Waals surface area contributed by atoms with Crippen molar-refractivity contribution in [2.75, 3.05) is 6.61 Å². The smallest absolute Gasteiger partial charge is 0.229 e. The van der Waals surface area contributed by atoms with Crippen LogP contribution in [0.25, 0.3) is 22.3 Å². The minimum atomic E-state index is -1.61. The molecule has 1 aliphatic heterocycles. The topological polar surface area (TPSA) is 150 Å². The lowest BCUT2D eigenvalue weighted by Crippen LogP contribution is -2.60. The molecule has 5 N–H and O–H groups in total. The average Bonchev–Trinajstić information content (AvgIpc) is 2.75. The zero-order valence-corrected chi connectivity index (χ0v) is 15.6. The molecule has 0 bridgehead atoms. The summed E-state index contributed by atoms with van der Waals surface area (Å²) in [5.74, 6) is -0.167. The van der Waals surface area contributed by atoms with Crippen LogP contribution in [0.2, 0.25) is 0 Å². The monoisotopic (exact) mass is 416 g/mol. The number of rotatable bonds is 4. The van der Waals surface area contributed by atoms with Crippen LogP contribution in [0, 0.1) is 0 Å². The Labute approximate surface area is 170 Å². The summed E-state index contributed by atoms with van der Waals surface area (Å²) in [7, 11) is 0. The zero-order valence-electron chi connectivity index (χ0n) is 15.6. The molecule has 0 aliphatic carbocycles. The van der Waals surface area contributed by atoms with E-state index in [1.54, 1.807) is 24.3 Å². The van der Waals surface area contributed by atoms with Crippen molar-refractivity contribution < 1.29 is 39.4 Å². The fourth-order valence-electron chi connectivity index (χ4n) is 3.31. The minimum absolute atomic E-state index is 0.0776. The molecule has 2 aromatic carbocycles. The third-order valence-electron chi connectivity index (χ3n) is 4.97. The summed E-state index contributed by atoms with van der Waals surface area (Å²) in [4.78, 5) is 12.3. The number of aliphatic hydroxyl groups excluding tert-OH is 4. The summed E-state index contributed by atoms with van der Waals surface area (Å²) in [6.45, 7) is -0.600. The molecule has 9 heteroatoms. The Hall–Kier alpha value is -2.95. The Morgan fingerprint density at radius 1 is 0.967 bits per heavy atom. The van der Waals surface area contributed by atoms with Crippen LogP contribution in [-0.2, 0) is 4.74 Å². The largest absolute Gasteiger partial charge is 0.504 e. The van der Waals surface area contributed by atoms with Gasteiger partial charge in [-0.25, -0.2) is 0 Å². The normalized spacial score (nSPS) is 26.6. The lowest BCUT2D eigenvalue weighted by atomic mass is 9.99. The minimum Gasteiger partial charge on any atom is -0.504 e. The van der Waals surface area contributed by atoms with Crippen molar-refractivity contribution >= 4 is 11.0 Å². The molecular formula is C21H20O9. The van der Waals surface area contributed by atoms with Gasteiger partial charge in [-0.05, 0) is 30.3 Å². The van der Waals surface area contributed by atoms with Gasteiger partial charge in [0.25, 0.3) is 0 Å². The SMILES string of the molecule is O=c1cc(-c2ccc(O[C@@H]3O[C@H](CO)[C@@H](O)[C@@H](O)[C@H]3O)c(O)c2)oc2ccccc12. The molecule has 2 heterocycles. The second-order valence-corrected chi connectivity index (χ2v) is 6.97. The molecule has 30 heavy (non-hydrogen) atoms. The van der Waals surface area contributed by atoms with Crippen LogP contribution in [0.15, 0.2) is 57.7 Å². The predicted molar refractivity (Wildman–Crippen MR) is 104 cm³/mol. The van der Waals surface area contributed by atoms with Crippen LogP contribution < -0.4 is 10.2 Å². The third kappa shape index (κ3) is 3.64. The van der Waals surface area contributed by atoms with E-state index >= 15 is 0 Å². The number of benzene rings is 2. The van der Waals surface area contributed by atoms with E-state index in [2.05, 4.69) is 0 Å². The summed E-state index contributed by atoms with van der Waals surface area (Å²) < 4.78 is 16.4. The first-order valence-corrected chi connectivity index (χ1v) is 9.22. The zero-order chi connectivity index (χ0) is 21.4. The maximum Gasteiger partial charge on any atom is 0.229 e. The second-order valence-electron chi connectivity index (χ2n) is 6.97. The van der Waals surface area contributed by atoms with Crippen molar-refractivity contribution in [3.63, 3.8) is 0 Å². The van der Waals surface area contributed by atoms with Gasteiger partial charge in [0.05, 0.1) is 12.0 Å². The first kappa shape index (κ1) is 20.3. The average molecular weight is 416 g/mol. The Morgan fingerprint density at radius 2 is 1.73 bits per heavy atom. The molecular weight excluding hydrogens is 396 g/mol. The number of hydrogen-bond acceptors (Lipinski definition) is 9. The van der Waals surface area contributed by atoms with Gasteiger partial charge in [0.15, 0.2) is 16.9 Å². The van der Waals surface area contributed by atoms with Crippen LogP contribution in [0.4, 0.5) is 0 Å². The molecule has 4 rings (SSSR count). The van der Waals surface area contributed by atoms with Gasteiger partial charge in [0.2, 0.25) is 6.29 Å². The molecule has 3 aromatic rings. The van der Waals surface area contributed by atoms with Crippen molar-refractivity contribution in [2.45, 2.75) is 30.7 Å². The Balaban J connectivity index is 1.60. The van der Waals surface area contributed by atoms with E-state index in [0.29, 0.717) is 16.5 Å². The van der Waals surface area contributed by atoms with E-state index in [1.807, 2.05) is 0 Å². The molecule has 1 saturated heterocycles. The van der Waals surface area contributed by atoms with E-state index in [-0.39, 0.29) is 22.7 Å². The van der Waals surface area contributed by atoms with Gasteiger partial charge in [-0.1, -0.05) is 12.1 Å². The molecule has 1 aliphatic rings. The molecule has 0 spiro atoms. The van der Waals surface area contributed by atoms with E-state index < -0.39 is 37.3 Å². The summed E-state index contributed by atoms with van der Waals surface area (Å²) >= 11 is 0. The molecule has 1 aromatic heterocycles. The first-order chi connectivity index (χ1) is 14.4. The fraction of sp³-hybridized carbons (Fsp3) is 0.286. The van der Waals surface area contributed by atoms with Crippen molar-refractivity contribution in [3.05, 3.63) is 58.8 Å². The lowest BCUT2D eigenvalue weighted by Gasteiger charge is -2.39. The maximum atomic E-state index is 12.3. The van der Waals surface area contributed by atoms with Gasteiger partial charge < -0.3 is 39.4 Å². The Bertz CT molecular complexity index is 1110. The molecule has 1 fully saturated rings. The van der Waals surface area contributed by atoms with E-state index in [9.17, 15) is 30.3 Å². The highest BCUT2D eigenvalue weighted by molar-refractivity contribution is 5.78. The first-order valence-electron chi connectivity index (χ1n) is 9.22. The van der Waals surface area contributed by atoms with Crippen LogP contribution in [-0.4, -0.2) is 62.8 Å². The lowest BCUT2D eigenvalue weighted by molar-refractivity contribution is -0.277. The number of phenols is 1. The number of phenolic OH excluding ortho intramolecular Hbond substituents is 1. The van der Waals surface area contributed by atoms with Crippen molar-refractivity contribution in [2.24, 2.45) is 0 Å². The molecule has 0 saturated carbocycles. The van der Waals surface area contributed by atoms with Crippen molar-refractivity contribution in [1.29, 1.82) is 0 Å². The van der Waals surface area contributed by atoms with Gasteiger partial charge in [-0.3, -0.25) is 4.79 Å². The highest BCUT2D eigenvalue weighted by Gasteiger charge is 2.44. The highest BCUT2D eigenvalue weighted by Crippen LogP contribution is 2.34. The molecule has 0 unspecified atom stereocenters. The quantitative estimate of drug-likeness (QED) is 0.406. The van der Waals surface area contributed by atoms with Crippen LogP contribution in [0.5, 0.6) is 11.5 Å². The standard InChI is InChI=1S/C21H20O9/c22-9-17-18(25)19(26)20(27)21(30-17)29-15-6-5-10(7-13(15)24)16-8-12(23)11-3-1-2-4-14(11)28-16/h1-8,17-22,24-27H,9H2/t17-,18-,19-,20-,21-/m1/s1. The highest BCUT2D eigenvalue weighted by atomic mass is 16.7. The van der Waals surface area contributed by atoms with Gasteiger partial charge in [0, 0.05) is 11.6 Å². The predicted octanol–water partition coefficient (Wildman–Crippen LogP) is 0.344.